The number of carbonyl (C=O) groups is 4. The molecule has 0 radical (unpaired) electrons. The third kappa shape index (κ3) is 9.87. The fraction of sp³-hybridized carbons (Fsp3) is 0.304. The van der Waals surface area contributed by atoms with Crippen LogP contribution in [0.1, 0.15) is 47.2 Å². The van der Waals surface area contributed by atoms with Crippen LogP contribution in [0.4, 0.5) is 47.3 Å². The minimum atomic E-state index is -4.64. The van der Waals surface area contributed by atoms with Crippen molar-refractivity contribution in [2.75, 3.05) is 54.7 Å². The van der Waals surface area contributed by atoms with Crippen LogP contribution < -0.4 is 38.9 Å². The Balaban J connectivity index is 0.944. The Morgan fingerprint density at radius 1 is 0.585 bits per heavy atom. The van der Waals surface area contributed by atoms with Crippen LogP contribution in [0.5, 0.6) is 0 Å². The number of hydrogen-bond donors (Lipinski definition) is 2. The number of urea groups is 2. The Morgan fingerprint density at radius 3 is 1.31 bits per heavy atom. The Bertz CT molecular complexity index is 2440. The zero-order chi connectivity index (χ0) is 46.6. The summed E-state index contributed by atoms with van der Waals surface area (Å²) >= 11 is 1.81. The summed E-state index contributed by atoms with van der Waals surface area (Å²) in [7, 11) is 0. The molecular weight excluding hydrogens is 1200 g/mol. The van der Waals surface area contributed by atoms with Crippen molar-refractivity contribution in [1.29, 1.82) is 0 Å². The average Bonchev–Trinajstić information content (AvgIpc) is 3.74. The summed E-state index contributed by atoms with van der Waals surface area (Å²) in [6.07, 6.45) is -7.99. The van der Waals surface area contributed by atoms with Crippen LogP contribution in [0.15, 0.2) is 120 Å². The Hall–Kier alpha value is -4.39. The molecule has 4 aromatic rings. The number of amides is 6. The van der Waals surface area contributed by atoms with Gasteiger partial charge >= 0.3 is 406 Å². The van der Waals surface area contributed by atoms with Gasteiger partial charge < -0.3 is 0 Å². The third-order valence-corrected chi connectivity index (χ3v) is 20.6. The molecular formula is C46H42F6I3N6O4-. The van der Waals surface area contributed by atoms with E-state index in [0.717, 1.165) is 40.3 Å². The quantitative estimate of drug-likeness (QED) is 0.0953. The SMILES string of the molecule is C[I-](C)(CCCN1CC2=C(C1=O)[C@@H](c1ccc(I)cc1)NC(=O)N2c1cccc(C(F)(F)F)c1)CCCN1CC2=C(C1=O)[C@@H](c1ccc(I)cc1)NC(=O)N2c1cccc(C(F)(F)F)c1. The van der Waals surface area contributed by atoms with Gasteiger partial charge in [-0.15, -0.1) is 0 Å². The summed E-state index contributed by atoms with van der Waals surface area (Å²) in [6, 6.07) is 20.8. The van der Waals surface area contributed by atoms with E-state index in [2.05, 4.69) is 65.7 Å². The van der Waals surface area contributed by atoms with E-state index >= 15 is 0 Å². The Kier molecular flexibility index (Phi) is 13.3. The predicted molar refractivity (Wildman–Crippen MR) is 247 cm³/mol. The first kappa shape index (κ1) is 47.1. The monoisotopic (exact) mass is 1240 g/mol. The van der Waals surface area contributed by atoms with Gasteiger partial charge in [0.1, 0.15) is 0 Å². The molecule has 0 saturated heterocycles. The van der Waals surface area contributed by atoms with Gasteiger partial charge in [0.15, 0.2) is 0 Å². The second-order valence-electron chi connectivity index (χ2n) is 16.5. The van der Waals surface area contributed by atoms with Crippen LogP contribution in [0, 0.1) is 7.14 Å². The van der Waals surface area contributed by atoms with Gasteiger partial charge in [-0.2, -0.15) is 0 Å². The second kappa shape index (κ2) is 18.4. The molecule has 10 nitrogen and oxygen atoms in total. The van der Waals surface area contributed by atoms with Gasteiger partial charge in [0.05, 0.1) is 0 Å². The average molecular weight is 1240 g/mol. The number of carbonyl (C=O) groups excluding carboxylic acids is 4. The first-order valence-corrected chi connectivity index (χ1v) is 29.9. The molecule has 8 rings (SSSR count). The summed E-state index contributed by atoms with van der Waals surface area (Å²) in [5.74, 6) is -0.603. The standard InChI is InChI=1S/C46H42F6I3N6O4/c1-55(2,19-5-21-58-25-35-37(41(58)62)39(27-11-15-31(53)16-12-27)56-43(64)60(35)33-9-3-7-29(23-33)45(47,48)49)20-6-22-59-26-36-38(42(59)63)40(28-13-17-32(54)18-14-28)57-44(65)61(36)34-10-4-8-30(24-34)46(50,51)52/h3-4,7-18,23-24,39-40H,5-6,19-22,25-26H2,1-2H3,(H,56,64)(H,57,65)/q-1/t39-,40-/m1/s1. The summed E-state index contributed by atoms with van der Waals surface area (Å²) in [5, 5.41) is 5.74. The van der Waals surface area contributed by atoms with Crippen LogP contribution >= 0.6 is 45.2 Å². The van der Waals surface area contributed by atoms with E-state index in [9.17, 15) is 45.5 Å². The number of rotatable bonds is 12. The maximum absolute atomic E-state index is 14.2. The van der Waals surface area contributed by atoms with Crippen molar-refractivity contribution in [2.24, 2.45) is 0 Å². The molecule has 4 aliphatic heterocycles. The molecule has 0 saturated carbocycles. The molecule has 2 N–H and O–H groups in total. The number of anilines is 2. The minimum absolute atomic E-state index is 0.000378. The molecule has 4 aromatic carbocycles. The van der Waals surface area contributed by atoms with E-state index < -0.39 is 66.1 Å². The first-order chi connectivity index (χ1) is 30.7. The van der Waals surface area contributed by atoms with Crippen molar-refractivity contribution >= 4 is 80.4 Å². The molecule has 0 bridgehead atoms. The molecule has 2 atom stereocenters. The fourth-order valence-corrected chi connectivity index (χ4v) is 14.7. The molecule has 19 heteroatoms. The summed E-state index contributed by atoms with van der Waals surface area (Å²) in [4.78, 5) is 66.1. The van der Waals surface area contributed by atoms with Gasteiger partial charge in [0.25, 0.3) is 0 Å². The first-order valence-electron chi connectivity index (χ1n) is 20.4. The predicted octanol–water partition coefficient (Wildman–Crippen LogP) is 6.57. The summed E-state index contributed by atoms with van der Waals surface area (Å²) in [6.45, 7) is 0.794. The topological polar surface area (TPSA) is 105 Å². The van der Waals surface area contributed by atoms with Gasteiger partial charge in [0, 0.05) is 0 Å². The van der Waals surface area contributed by atoms with Crippen LogP contribution in [0.3, 0.4) is 0 Å². The molecule has 0 aliphatic carbocycles. The van der Waals surface area contributed by atoms with Crippen molar-refractivity contribution < 1.29 is 64.0 Å². The van der Waals surface area contributed by atoms with Crippen molar-refractivity contribution in [3.63, 3.8) is 0 Å². The van der Waals surface area contributed by atoms with Crippen molar-refractivity contribution in [3.05, 3.63) is 149 Å². The molecule has 6 amide bonds. The number of halogens is 9. The van der Waals surface area contributed by atoms with E-state index in [1.807, 2.05) is 48.5 Å². The van der Waals surface area contributed by atoms with E-state index in [1.54, 1.807) is 9.80 Å². The van der Waals surface area contributed by atoms with Gasteiger partial charge in [0.2, 0.25) is 0 Å². The zero-order valence-corrected chi connectivity index (χ0v) is 41.3. The van der Waals surface area contributed by atoms with Crippen LogP contribution in [0.25, 0.3) is 0 Å². The van der Waals surface area contributed by atoms with E-state index in [4.69, 9.17) is 0 Å². The zero-order valence-electron chi connectivity index (χ0n) is 34.9. The van der Waals surface area contributed by atoms with Crippen molar-refractivity contribution in [3.8, 4) is 0 Å². The molecule has 4 heterocycles. The van der Waals surface area contributed by atoms with Gasteiger partial charge in [-0.05, 0) is 0 Å². The van der Waals surface area contributed by atoms with Gasteiger partial charge in [-0.3, -0.25) is 0 Å². The summed E-state index contributed by atoms with van der Waals surface area (Å²) < 4.78 is 86.2. The van der Waals surface area contributed by atoms with E-state index in [-0.39, 0.29) is 36.3 Å². The van der Waals surface area contributed by atoms with Gasteiger partial charge in [-0.25, -0.2) is 0 Å². The number of alkyl halides is 10. The van der Waals surface area contributed by atoms with Crippen LogP contribution in [-0.4, -0.2) is 78.6 Å². The molecule has 0 aromatic heterocycles. The Morgan fingerprint density at radius 2 is 0.954 bits per heavy atom. The molecule has 65 heavy (non-hydrogen) atoms. The molecule has 4 aliphatic rings. The number of hydrogen-bond acceptors (Lipinski definition) is 4. The third-order valence-electron chi connectivity index (χ3n) is 11.8. The van der Waals surface area contributed by atoms with Crippen LogP contribution in [0.2, 0.25) is 0 Å². The number of nitrogens with one attached hydrogen (secondary N) is 2. The molecule has 0 spiro atoms. The fourth-order valence-electron chi connectivity index (χ4n) is 8.67. The number of nitrogens with zero attached hydrogens (tertiary/aromatic N) is 4. The van der Waals surface area contributed by atoms with E-state index in [1.165, 1.54) is 34.1 Å². The Labute approximate surface area is 402 Å². The summed E-state index contributed by atoms with van der Waals surface area (Å²) in [5.41, 5.74) is 0.795. The maximum atomic E-state index is 14.2. The normalized spacial score (nSPS) is 19.5. The van der Waals surface area contributed by atoms with Crippen LogP contribution in [-0.2, 0) is 21.9 Å². The number of benzene rings is 4. The molecule has 0 unspecified atom stereocenters. The van der Waals surface area contributed by atoms with E-state index in [0.29, 0.717) is 59.6 Å². The van der Waals surface area contributed by atoms with Crippen molar-refractivity contribution in [2.45, 2.75) is 37.3 Å². The molecule has 344 valence electrons. The van der Waals surface area contributed by atoms with Gasteiger partial charge in [-0.1, -0.05) is 0 Å². The molecule has 0 fully saturated rings. The second-order valence-corrected chi connectivity index (χ2v) is 30.5. The van der Waals surface area contributed by atoms with Crippen molar-refractivity contribution in [1.82, 2.24) is 20.4 Å².